The Morgan fingerprint density at radius 2 is 1.58 bits per heavy atom. The highest BCUT2D eigenvalue weighted by Gasteiger charge is 2.23. The lowest BCUT2D eigenvalue weighted by atomic mass is 10.1. The van der Waals surface area contributed by atoms with Crippen molar-refractivity contribution in [3.63, 3.8) is 0 Å². The van der Waals surface area contributed by atoms with E-state index in [2.05, 4.69) is 19.7 Å². The maximum atomic E-state index is 13.7. The molecule has 2 saturated heterocycles. The second kappa shape index (κ2) is 9.67. The summed E-state index contributed by atoms with van der Waals surface area (Å²) in [6, 6.07) is 10.3. The predicted octanol–water partition coefficient (Wildman–Crippen LogP) is 4.15. The average Bonchev–Trinajstić information content (AvgIpc) is 2.86. The van der Waals surface area contributed by atoms with Crippen LogP contribution in [0, 0.1) is 5.82 Å². The topological polar surface area (TPSA) is 57.6 Å². The Bertz CT molecular complexity index is 1140. The number of morpholine rings is 1. The molecule has 0 saturated carbocycles. The fourth-order valence-corrected chi connectivity index (χ4v) is 4.47. The molecule has 1 aromatic carbocycles. The molecular formula is C23H23Cl2FN6O. The highest BCUT2D eigenvalue weighted by molar-refractivity contribution is 6.33. The SMILES string of the molecule is Fc1ccc(-c2cc(N3CCN(c4ncccc4Cl)CC3)nc(N3CCOCC3)n2)cc1Cl. The molecule has 7 nitrogen and oxygen atoms in total. The molecule has 10 heteroatoms. The van der Waals surface area contributed by atoms with Crippen LogP contribution in [0.5, 0.6) is 0 Å². The molecule has 172 valence electrons. The van der Waals surface area contributed by atoms with Gasteiger partial charge in [0.1, 0.15) is 17.5 Å². The Hall–Kier alpha value is -2.68. The second-order valence-corrected chi connectivity index (χ2v) is 8.74. The minimum absolute atomic E-state index is 0.0708. The first-order valence-electron chi connectivity index (χ1n) is 10.9. The van der Waals surface area contributed by atoms with Gasteiger partial charge in [0.25, 0.3) is 0 Å². The Morgan fingerprint density at radius 1 is 0.818 bits per heavy atom. The molecule has 0 radical (unpaired) electrons. The van der Waals surface area contributed by atoms with Crippen molar-refractivity contribution in [2.45, 2.75) is 0 Å². The summed E-state index contributed by atoms with van der Waals surface area (Å²) in [4.78, 5) is 20.6. The third kappa shape index (κ3) is 4.83. The van der Waals surface area contributed by atoms with Gasteiger partial charge in [0.2, 0.25) is 5.95 Å². The van der Waals surface area contributed by atoms with Crippen molar-refractivity contribution in [2.75, 3.05) is 67.2 Å². The monoisotopic (exact) mass is 488 g/mol. The normalized spacial score (nSPS) is 16.9. The molecule has 5 rings (SSSR count). The van der Waals surface area contributed by atoms with E-state index in [1.165, 1.54) is 6.07 Å². The zero-order valence-corrected chi connectivity index (χ0v) is 19.4. The average molecular weight is 489 g/mol. The summed E-state index contributed by atoms with van der Waals surface area (Å²) in [7, 11) is 0. The van der Waals surface area contributed by atoms with Gasteiger partial charge in [0.15, 0.2) is 0 Å². The van der Waals surface area contributed by atoms with E-state index in [-0.39, 0.29) is 5.02 Å². The van der Waals surface area contributed by atoms with Crippen LogP contribution in [0.1, 0.15) is 0 Å². The summed E-state index contributed by atoms with van der Waals surface area (Å²) in [6.07, 6.45) is 1.76. The molecule has 0 spiro atoms. The summed E-state index contributed by atoms with van der Waals surface area (Å²) in [5.74, 6) is 1.82. The van der Waals surface area contributed by atoms with Gasteiger partial charge in [-0.1, -0.05) is 23.2 Å². The number of halogens is 3. The lowest BCUT2D eigenvalue weighted by Crippen LogP contribution is -2.47. The fourth-order valence-electron chi connectivity index (χ4n) is 4.05. The minimum Gasteiger partial charge on any atom is -0.378 e. The Labute approximate surface area is 201 Å². The highest BCUT2D eigenvalue weighted by atomic mass is 35.5. The van der Waals surface area contributed by atoms with Gasteiger partial charge in [-0.05, 0) is 30.3 Å². The summed E-state index contributed by atoms with van der Waals surface area (Å²) >= 11 is 12.4. The molecule has 0 unspecified atom stereocenters. The molecule has 33 heavy (non-hydrogen) atoms. The van der Waals surface area contributed by atoms with E-state index >= 15 is 0 Å². The largest absolute Gasteiger partial charge is 0.378 e. The van der Waals surface area contributed by atoms with Crippen LogP contribution in [0.2, 0.25) is 10.0 Å². The Morgan fingerprint density at radius 3 is 2.30 bits per heavy atom. The van der Waals surface area contributed by atoms with Crippen LogP contribution in [-0.4, -0.2) is 67.4 Å². The van der Waals surface area contributed by atoms with Gasteiger partial charge in [-0.15, -0.1) is 0 Å². The standard InChI is InChI=1S/C23H23Cl2FN6O/c24-17-2-1-5-27-22(17)31-8-6-30(7-9-31)21-15-20(16-3-4-19(26)18(25)14-16)28-23(29-21)32-10-12-33-13-11-32/h1-5,14-15H,6-13H2. The van der Waals surface area contributed by atoms with Crippen molar-refractivity contribution in [3.8, 4) is 11.3 Å². The van der Waals surface area contributed by atoms with Gasteiger partial charge in [-0.25, -0.2) is 14.4 Å². The molecule has 2 aliphatic rings. The number of ether oxygens (including phenoxy) is 1. The van der Waals surface area contributed by atoms with Crippen LogP contribution in [0.4, 0.5) is 22.0 Å². The molecule has 2 fully saturated rings. The third-order valence-corrected chi connectivity index (χ3v) is 6.44. The van der Waals surface area contributed by atoms with Gasteiger partial charge in [-0.2, -0.15) is 4.98 Å². The van der Waals surface area contributed by atoms with Crippen LogP contribution >= 0.6 is 23.2 Å². The number of hydrogen-bond donors (Lipinski definition) is 0. The molecule has 0 bridgehead atoms. The highest BCUT2D eigenvalue weighted by Crippen LogP contribution is 2.30. The zero-order valence-electron chi connectivity index (χ0n) is 17.9. The number of rotatable bonds is 4. The summed E-state index contributed by atoms with van der Waals surface area (Å²) in [6.45, 7) is 5.77. The van der Waals surface area contributed by atoms with E-state index in [1.807, 2.05) is 18.2 Å². The van der Waals surface area contributed by atoms with E-state index in [0.717, 1.165) is 56.5 Å². The third-order valence-electron chi connectivity index (χ3n) is 5.85. The molecule has 0 amide bonds. The fraction of sp³-hybridized carbons (Fsp3) is 0.348. The smallest absolute Gasteiger partial charge is 0.228 e. The van der Waals surface area contributed by atoms with Gasteiger partial charge in [-0.3, -0.25) is 0 Å². The first kappa shape index (κ1) is 22.1. The number of nitrogens with zero attached hydrogens (tertiary/aromatic N) is 6. The van der Waals surface area contributed by atoms with Crippen LogP contribution in [0.3, 0.4) is 0 Å². The van der Waals surface area contributed by atoms with Gasteiger partial charge in [0.05, 0.1) is 29.0 Å². The van der Waals surface area contributed by atoms with E-state index in [0.29, 0.717) is 29.9 Å². The van der Waals surface area contributed by atoms with Crippen LogP contribution in [0.15, 0.2) is 42.6 Å². The quantitative estimate of drug-likeness (QED) is 0.546. The second-order valence-electron chi connectivity index (χ2n) is 7.92. The summed E-state index contributed by atoms with van der Waals surface area (Å²) in [5, 5.41) is 0.722. The van der Waals surface area contributed by atoms with E-state index < -0.39 is 5.82 Å². The molecule has 0 atom stereocenters. The number of benzene rings is 1. The van der Waals surface area contributed by atoms with Crippen molar-refractivity contribution in [1.82, 2.24) is 15.0 Å². The minimum atomic E-state index is -0.451. The molecule has 4 heterocycles. The Balaban J connectivity index is 1.44. The molecular weight excluding hydrogens is 466 g/mol. The Kier molecular flexibility index (Phi) is 6.48. The maximum Gasteiger partial charge on any atom is 0.228 e. The van der Waals surface area contributed by atoms with Crippen LogP contribution in [0.25, 0.3) is 11.3 Å². The maximum absolute atomic E-state index is 13.7. The van der Waals surface area contributed by atoms with Crippen LogP contribution < -0.4 is 14.7 Å². The first-order valence-corrected chi connectivity index (χ1v) is 11.6. The lowest BCUT2D eigenvalue weighted by Gasteiger charge is -2.37. The molecule has 2 aromatic heterocycles. The molecule has 0 N–H and O–H groups in total. The summed E-state index contributed by atoms with van der Waals surface area (Å²) in [5.41, 5.74) is 1.46. The zero-order chi connectivity index (χ0) is 22.8. The number of pyridine rings is 1. The molecule has 3 aromatic rings. The summed E-state index contributed by atoms with van der Waals surface area (Å²) < 4.78 is 19.2. The van der Waals surface area contributed by atoms with Gasteiger partial charge < -0.3 is 19.4 Å². The number of aromatic nitrogens is 3. The number of piperazine rings is 1. The molecule has 2 aliphatic heterocycles. The first-order chi connectivity index (χ1) is 16.1. The van der Waals surface area contributed by atoms with E-state index in [9.17, 15) is 4.39 Å². The van der Waals surface area contributed by atoms with Crippen LogP contribution in [-0.2, 0) is 4.74 Å². The van der Waals surface area contributed by atoms with Crippen molar-refractivity contribution in [1.29, 1.82) is 0 Å². The van der Waals surface area contributed by atoms with E-state index in [1.54, 1.807) is 18.3 Å². The van der Waals surface area contributed by atoms with Crippen molar-refractivity contribution >= 4 is 40.8 Å². The number of anilines is 3. The van der Waals surface area contributed by atoms with Crippen molar-refractivity contribution < 1.29 is 9.13 Å². The van der Waals surface area contributed by atoms with E-state index in [4.69, 9.17) is 37.9 Å². The van der Waals surface area contributed by atoms with Crippen molar-refractivity contribution in [2.24, 2.45) is 0 Å². The predicted molar refractivity (Wildman–Crippen MR) is 129 cm³/mol. The van der Waals surface area contributed by atoms with Gasteiger partial charge >= 0.3 is 0 Å². The molecule has 0 aliphatic carbocycles. The van der Waals surface area contributed by atoms with Crippen molar-refractivity contribution in [3.05, 3.63) is 58.5 Å². The lowest BCUT2D eigenvalue weighted by molar-refractivity contribution is 0.122. The van der Waals surface area contributed by atoms with Gasteiger partial charge in [0, 0.05) is 57.1 Å². The number of hydrogen-bond acceptors (Lipinski definition) is 7.